The first-order valence-corrected chi connectivity index (χ1v) is 8.18. The van der Waals surface area contributed by atoms with E-state index in [0.29, 0.717) is 6.42 Å². The number of carbonyl (C=O) groups is 1. The maximum Gasteiger partial charge on any atom is 0.347 e. The lowest BCUT2D eigenvalue weighted by Gasteiger charge is -2.14. The molecule has 19 heavy (non-hydrogen) atoms. The molecule has 1 aromatic heterocycles. The van der Waals surface area contributed by atoms with Crippen LogP contribution >= 0.6 is 11.3 Å². The molecule has 1 saturated carbocycles. The SMILES string of the molecule is O=C(O)c1sccc1S(=O)(=O)NCC1(CCO)CC1. The van der Waals surface area contributed by atoms with Crippen LogP contribution in [0.3, 0.4) is 0 Å². The van der Waals surface area contributed by atoms with Crippen molar-refractivity contribution in [3.05, 3.63) is 16.3 Å². The van der Waals surface area contributed by atoms with Crippen LogP contribution in [-0.4, -0.2) is 37.8 Å². The Morgan fingerprint density at radius 2 is 2.16 bits per heavy atom. The summed E-state index contributed by atoms with van der Waals surface area (Å²) in [6.45, 7) is 0.269. The molecule has 0 unspecified atom stereocenters. The van der Waals surface area contributed by atoms with Crippen LogP contribution in [0, 0.1) is 5.41 Å². The number of rotatable bonds is 7. The van der Waals surface area contributed by atoms with E-state index in [-0.39, 0.29) is 28.3 Å². The zero-order valence-electron chi connectivity index (χ0n) is 10.1. The Labute approximate surface area is 115 Å². The summed E-state index contributed by atoms with van der Waals surface area (Å²) in [4.78, 5) is 10.6. The highest BCUT2D eigenvalue weighted by molar-refractivity contribution is 7.89. The fraction of sp³-hybridized carbons (Fsp3) is 0.545. The summed E-state index contributed by atoms with van der Waals surface area (Å²) in [5.74, 6) is -1.24. The van der Waals surface area contributed by atoms with Gasteiger partial charge in [-0.05, 0) is 36.1 Å². The number of aliphatic hydroxyl groups is 1. The van der Waals surface area contributed by atoms with Crippen LogP contribution in [0.2, 0.25) is 0 Å². The van der Waals surface area contributed by atoms with Crippen molar-refractivity contribution in [3.63, 3.8) is 0 Å². The van der Waals surface area contributed by atoms with Crippen molar-refractivity contribution in [3.8, 4) is 0 Å². The zero-order valence-corrected chi connectivity index (χ0v) is 11.8. The van der Waals surface area contributed by atoms with E-state index in [9.17, 15) is 13.2 Å². The topological polar surface area (TPSA) is 104 Å². The monoisotopic (exact) mass is 305 g/mol. The number of sulfonamides is 1. The molecule has 0 saturated heterocycles. The van der Waals surface area contributed by atoms with Crippen LogP contribution in [-0.2, 0) is 10.0 Å². The smallest absolute Gasteiger partial charge is 0.347 e. The van der Waals surface area contributed by atoms with E-state index < -0.39 is 16.0 Å². The zero-order chi connectivity index (χ0) is 14.1. The summed E-state index contributed by atoms with van der Waals surface area (Å²) in [5.41, 5.74) is -0.152. The van der Waals surface area contributed by atoms with E-state index in [1.54, 1.807) is 0 Å². The van der Waals surface area contributed by atoms with Gasteiger partial charge in [0, 0.05) is 13.2 Å². The summed E-state index contributed by atoms with van der Waals surface area (Å²) >= 11 is 0.885. The Morgan fingerprint density at radius 1 is 1.47 bits per heavy atom. The van der Waals surface area contributed by atoms with E-state index in [1.165, 1.54) is 11.4 Å². The van der Waals surface area contributed by atoms with Crippen LogP contribution in [0.5, 0.6) is 0 Å². The minimum atomic E-state index is -3.81. The lowest BCUT2D eigenvalue weighted by Crippen LogP contribution is -2.31. The fourth-order valence-electron chi connectivity index (χ4n) is 1.92. The molecule has 0 bridgehead atoms. The number of hydrogen-bond donors (Lipinski definition) is 3. The Morgan fingerprint density at radius 3 is 2.68 bits per heavy atom. The molecule has 2 rings (SSSR count). The van der Waals surface area contributed by atoms with Crippen LogP contribution in [0.25, 0.3) is 0 Å². The summed E-state index contributed by atoms with van der Waals surface area (Å²) in [7, 11) is -3.81. The molecule has 1 aromatic rings. The third-order valence-corrected chi connectivity index (χ3v) is 5.82. The van der Waals surface area contributed by atoms with Gasteiger partial charge in [-0.25, -0.2) is 17.9 Å². The second-order valence-electron chi connectivity index (χ2n) is 4.72. The molecule has 106 valence electrons. The van der Waals surface area contributed by atoms with Crippen molar-refractivity contribution >= 4 is 27.3 Å². The van der Waals surface area contributed by atoms with Gasteiger partial charge in [-0.15, -0.1) is 11.3 Å². The molecule has 1 aliphatic carbocycles. The first-order valence-electron chi connectivity index (χ1n) is 5.82. The molecule has 0 aromatic carbocycles. The molecule has 0 radical (unpaired) electrons. The van der Waals surface area contributed by atoms with Gasteiger partial charge in [-0.2, -0.15) is 0 Å². The van der Waals surface area contributed by atoms with Gasteiger partial charge in [-0.1, -0.05) is 0 Å². The number of thiophene rings is 1. The van der Waals surface area contributed by atoms with Crippen LogP contribution in [0.1, 0.15) is 28.9 Å². The highest BCUT2D eigenvalue weighted by Gasteiger charge is 2.42. The number of carboxylic acid groups (broad SMARTS) is 1. The van der Waals surface area contributed by atoms with Crippen molar-refractivity contribution < 1.29 is 23.4 Å². The largest absolute Gasteiger partial charge is 0.477 e. The van der Waals surface area contributed by atoms with E-state index in [0.717, 1.165) is 24.2 Å². The van der Waals surface area contributed by atoms with E-state index >= 15 is 0 Å². The van der Waals surface area contributed by atoms with Gasteiger partial charge >= 0.3 is 5.97 Å². The van der Waals surface area contributed by atoms with Crippen molar-refractivity contribution in [2.75, 3.05) is 13.2 Å². The standard InChI is InChI=1S/C11H15NO5S2/c13-5-4-11(2-3-11)7-12-19(16,17)8-1-6-18-9(8)10(14)15/h1,6,12-13H,2-5,7H2,(H,14,15). The molecule has 0 spiro atoms. The second kappa shape index (κ2) is 5.20. The Bertz CT molecular complexity index is 574. The maximum absolute atomic E-state index is 12.1. The lowest BCUT2D eigenvalue weighted by molar-refractivity contribution is 0.0698. The molecule has 0 atom stereocenters. The van der Waals surface area contributed by atoms with E-state index in [2.05, 4.69) is 4.72 Å². The highest BCUT2D eigenvalue weighted by Crippen LogP contribution is 2.48. The second-order valence-corrected chi connectivity index (χ2v) is 7.37. The van der Waals surface area contributed by atoms with Gasteiger partial charge in [0.2, 0.25) is 10.0 Å². The van der Waals surface area contributed by atoms with Crippen molar-refractivity contribution in [2.24, 2.45) is 5.41 Å². The fourth-order valence-corrected chi connectivity index (χ4v) is 4.34. The van der Waals surface area contributed by atoms with Gasteiger partial charge in [0.25, 0.3) is 0 Å². The number of aliphatic hydroxyl groups excluding tert-OH is 1. The number of nitrogens with one attached hydrogen (secondary N) is 1. The third-order valence-electron chi connectivity index (χ3n) is 3.35. The third kappa shape index (κ3) is 3.14. The number of carboxylic acids is 1. The molecule has 1 aliphatic rings. The summed E-state index contributed by atoms with van der Waals surface area (Å²) in [6, 6.07) is 1.29. The first kappa shape index (κ1) is 14.4. The average Bonchev–Trinajstić information content (AvgIpc) is 2.92. The van der Waals surface area contributed by atoms with Crippen molar-refractivity contribution in [1.82, 2.24) is 4.72 Å². The Balaban J connectivity index is 2.10. The molecule has 0 aliphatic heterocycles. The van der Waals surface area contributed by atoms with Gasteiger partial charge in [0.15, 0.2) is 0 Å². The molecular weight excluding hydrogens is 290 g/mol. The van der Waals surface area contributed by atoms with Crippen molar-refractivity contribution in [2.45, 2.75) is 24.2 Å². The summed E-state index contributed by atoms with van der Waals surface area (Å²) in [6.07, 6.45) is 2.32. The molecular formula is C11H15NO5S2. The van der Waals surface area contributed by atoms with Gasteiger partial charge in [0.05, 0.1) is 0 Å². The molecule has 0 amide bonds. The number of hydrogen-bond acceptors (Lipinski definition) is 5. The maximum atomic E-state index is 12.1. The quantitative estimate of drug-likeness (QED) is 0.694. The Kier molecular flexibility index (Phi) is 3.95. The molecule has 6 nitrogen and oxygen atoms in total. The predicted octanol–water partition coefficient (Wildman–Crippen LogP) is 0.887. The summed E-state index contributed by atoms with van der Waals surface area (Å²) in [5, 5.41) is 19.3. The first-order chi connectivity index (χ1) is 8.90. The molecule has 1 fully saturated rings. The minimum absolute atomic E-state index is 0.0283. The number of aromatic carboxylic acids is 1. The Hall–Kier alpha value is -0.960. The molecule has 1 heterocycles. The van der Waals surface area contributed by atoms with Crippen LogP contribution < -0.4 is 4.72 Å². The minimum Gasteiger partial charge on any atom is -0.477 e. The van der Waals surface area contributed by atoms with Crippen molar-refractivity contribution in [1.29, 1.82) is 0 Å². The summed E-state index contributed by atoms with van der Waals surface area (Å²) < 4.78 is 26.6. The normalized spacial score (nSPS) is 17.3. The van der Waals surface area contributed by atoms with E-state index in [1.807, 2.05) is 0 Å². The lowest BCUT2D eigenvalue weighted by atomic mass is 10.0. The van der Waals surface area contributed by atoms with Crippen LogP contribution in [0.4, 0.5) is 0 Å². The molecule has 3 N–H and O–H groups in total. The highest BCUT2D eigenvalue weighted by atomic mass is 32.2. The van der Waals surface area contributed by atoms with Gasteiger partial charge in [-0.3, -0.25) is 0 Å². The van der Waals surface area contributed by atoms with Crippen LogP contribution in [0.15, 0.2) is 16.3 Å². The van der Waals surface area contributed by atoms with Gasteiger partial charge < -0.3 is 10.2 Å². The van der Waals surface area contributed by atoms with Gasteiger partial charge in [0.1, 0.15) is 9.77 Å². The predicted molar refractivity (Wildman–Crippen MR) is 69.8 cm³/mol. The van der Waals surface area contributed by atoms with E-state index in [4.69, 9.17) is 10.2 Å². The average molecular weight is 305 g/mol. The molecule has 8 heteroatoms.